The second-order valence-corrected chi connectivity index (χ2v) is 5.13. The van der Waals surface area contributed by atoms with Crippen molar-refractivity contribution in [2.24, 2.45) is 5.73 Å². The second-order valence-electron chi connectivity index (χ2n) is 4.31. The summed E-state index contributed by atoms with van der Waals surface area (Å²) in [6.45, 7) is 6.63. The Bertz CT molecular complexity index is 345. The van der Waals surface area contributed by atoms with Gasteiger partial charge in [-0.2, -0.15) is 0 Å². The van der Waals surface area contributed by atoms with E-state index in [1.807, 2.05) is 12.1 Å². The molecule has 4 heteroatoms. The van der Waals surface area contributed by atoms with Crippen LogP contribution in [0.15, 0.2) is 23.1 Å². The Balaban J connectivity index is 0.000000673. The van der Waals surface area contributed by atoms with Gasteiger partial charge in [0.25, 0.3) is 0 Å². The highest BCUT2D eigenvalue weighted by molar-refractivity contribution is 7.98. The third-order valence-corrected chi connectivity index (χ3v) is 2.92. The Kier molecular flexibility index (Phi) is 5.96. The lowest BCUT2D eigenvalue weighted by Gasteiger charge is -2.22. The Morgan fingerprint density at radius 2 is 1.81 bits per heavy atom. The summed E-state index contributed by atoms with van der Waals surface area (Å²) in [6.07, 6.45) is 2.32. The molecular weight excluding hydrogens is 220 g/mol. The molecule has 0 aliphatic heterocycles. The van der Waals surface area contributed by atoms with E-state index in [-0.39, 0.29) is 11.8 Å². The smallest absolute Gasteiger partial charge is 0.204 e. The van der Waals surface area contributed by atoms with Gasteiger partial charge in [-0.05, 0) is 23.3 Å². The van der Waals surface area contributed by atoms with Crippen LogP contribution in [0.4, 0.5) is 5.69 Å². The summed E-state index contributed by atoms with van der Waals surface area (Å²) in [5.41, 5.74) is 12.5. The molecule has 1 aromatic rings. The highest BCUT2D eigenvalue weighted by Gasteiger charge is 2.18. The minimum absolute atomic E-state index is 0.174. The third kappa shape index (κ3) is 4.14. The zero-order valence-corrected chi connectivity index (χ0v) is 11.1. The van der Waals surface area contributed by atoms with Gasteiger partial charge in [-0.25, -0.2) is 0 Å². The van der Waals surface area contributed by atoms with E-state index in [9.17, 15) is 0 Å². The van der Waals surface area contributed by atoms with Crippen LogP contribution in [0.2, 0.25) is 0 Å². The highest BCUT2D eigenvalue weighted by atomic mass is 32.2. The number of hydrogen-bond acceptors (Lipinski definition) is 3. The van der Waals surface area contributed by atoms with Crippen LogP contribution in [0.3, 0.4) is 0 Å². The number of carbonyl (C=O) groups is 1. The van der Waals surface area contributed by atoms with Crippen molar-refractivity contribution in [1.29, 1.82) is 0 Å². The van der Waals surface area contributed by atoms with Gasteiger partial charge in [-0.15, -0.1) is 11.8 Å². The molecule has 1 aromatic carbocycles. The van der Waals surface area contributed by atoms with Crippen molar-refractivity contribution < 1.29 is 4.79 Å². The average Bonchev–Trinajstić information content (AvgIpc) is 2.17. The summed E-state index contributed by atoms with van der Waals surface area (Å²) in [4.78, 5) is 9.80. The molecule has 0 spiro atoms. The molecule has 1 rings (SSSR count). The van der Waals surface area contributed by atoms with Crippen LogP contribution >= 0.6 is 11.8 Å². The van der Waals surface area contributed by atoms with E-state index in [0.29, 0.717) is 0 Å². The van der Waals surface area contributed by atoms with E-state index in [1.165, 1.54) is 10.5 Å². The number of primary amides is 1. The maximum absolute atomic E-state index is 8.58. The second kappa shape index (κ2) is 6.43. The fourth-order valence-corrected chi connectivity index (χ4v) is 2.27. The number of anilines is 1. The zero-order valence-electron chi connectivity index (χ0n) is 10.3. The normalized spacial score (nSPS) is 10.2. The molecule has 0 aliphatic rings. The number of carbonyl (C=O) groups excluding carboxylic acids is 1. The molecule has 0 saturated carbocycles. The molecule has 0 radical (unpaired) electrons. The number of hydrogen-bond donors (Lipinski definition) is 2. The fourth-order valence-electron chi connectivity index (χ4n) is 1.37. The Morgan fingerprint density at radius 1 is 1.31 bits per heavy atom. The van der Waals surface area contributed by atoms with Crippen LogP contribution < -0.4 is 11.5 Å². The molecule has 0 heterocycles. The zero-order chi connectivity index (χ0) is 12.8. The summed E-state index contributed by atoms with van der Waals surface area (Å²) in [7, 11) is 0. The maximum atomic E-state index is 8.58. The average molecular weight is 240 g/mol. The SMILES string of the molecule is CSc1c(N)cccc1C(C)(C)C.NC=O. The van der Waals surface area contributed by atoms with Crippen LogP contribution in [0.1, 0.15) is 26.3 Å². The van der Waals surface area contributed by atoms with E-state index in [1.54, 1.807) is 11.8 Å². The summed E-state index contributed by atoms with van der Waals surface area (Å²) >= 11 is 1.72. The number of benzene rings is 1. The topological polar surface area (TPSA) is 69.1 Å². The molecule has 0 fully saturated rings. The van der Waals surface area contributed by atoms with Crippen molar-refractivity contribution in [2.45, 2.75) is 31.1 Å². The van der Waals surface area contributed by atoms with Crippen LogP contribution in [0.25, 0.3) is 0 Å². The van der Waals surface area contributed by atoms with Crippen molar-refractivity contribution in [3.8, 4) is 0 Å². The van der Waals surface area contributed by atoms with Gasteiger partial charge in [0, 0.05) is 10.6 Å². The van der Waals surface area contributed by atoms with Gasteiger partial charge in [0.2, 0.25) is 6.41 Å². The summed E-state index contributed by atoms with van der Waals surface area (Å²) in [5.74, 6) is 0. The predicted octanol–water partition coefficient (Wildman–Crippen LogP) is 2.39. The van der Waals surface area contributed by atoms with Crippen LogP contribution in [0, 0.1) is 0 Å². The van der Waals surface area contributed by atoms with Gasteiger partial charge in [-0.3, -0.25) is 4.79 Å². The number of nitrogen functional groups attached to an aromatic ring is 1. The first-order valence-corrected chi connectivity index (χ1v) is 6.19. The fraction of sp³-hybridized carbons (Fsp3) is 0.417. The highest BCUT2D eigenvalue weighted by Crippen LogP contribution is 2.34. The Morgan fingerprint density at radius 3 is 2.12 bits per heavy atom. The molecule has 0 aliphatic carbocycles. The number of nitrogens with two attached hydrogens (primary N) is 2. The predicted molar refractivity (Wildman–Crippen MR) is 71.6 cm³/mol. The van der Waals surface area contributed by atoms with Crippen molar-refractivity contribution in [3.63, 3.8) is 0 Å². The minimum atomic E-state index is 0.174. The van der Waals surface area contributed by atoms with Gasteiger partial charge in [-0.1, -0.05) is 32.9 Å². The van der Waals surface area contributed by atoms with Gasteiger partial charge >= 0.3 is 0 Å². The monoisotopic (exact) mass is 240 g/mol. The van der Waals surface area contributed by atoms with Crippen molar-refractivity contribution in [1.82, 2.24) is 0 Å². The first kappa shape index (κ1) is 14.8. The van der Waals surface area contributed by atoms with E-state index >= 15 is 0 Å². The number of thioether (sulfide) groups is 1. The van der Waals surface area contributed by atoms with Crippen LogP contribution in [-0.4, -0.2) is 12.7 Å². The summed E-state index contributed by atoms with van der Waals surface area (Å²) < 4.78 is 0. The van der Waals surface area contributed by atoms with Crippen LogP contribution in [0.5, 0.6) is 0 Å². The largest absolute Gasteiger partial charge is 0.398 e. The Hall–Kier alpha value is -1.16. The van der Waals surface area contributed by atoms with E-state index in [4.69, 9.17) is 10.5 Å². The lowest BCUT2D eigenvalue weighted by atomic mass is 9.87. The lowest BCUT2D eigenvalue weighted by Crippen LogP contribution is -2.13. The van der Waals surface area contributed by atoms with E-state index in [2.05, 4.69) is 38.8 Å². The number of amides is 1. The molecule has 0 atom stereocenters. The molecule has 0 saturated heterocycles. The third-order valence-electron chi connectivity index (χ3n) is 2.06. The molecule has 4 N–H and O–H groups in total. The standard InChI is InChI=1S/C11H17NS.CH3NO/c1-11(2,3)8-6-5-7-9(12)10(8)13-4;2-1-3/h5-7H,12H2,1-4H3;1H,(H2,2,3). The molecular formula is C12H20N2OS. The van der Waals surface area contributed by atoms with Crippen LogP contribution in [-0.2, 0) is 10.2 Å². The molecule has 0 unspecified atom stereocenters. The maximum Gasteiger partial charge on any atom is 0.204 e. The van der Waals surface area contributed by atoms with Gasteiger partial charge in [0.05, 0.1) is 0 Å². The molecule has 16 heavy (non-hydrogen) atoms. The van der Waals surface area contributed by atoms with Gasteiger partial charge in [0.1, 0.15) is 0 Å². The summed E-state index contributed by atoms with van der Waals surface area (Å²) in [6, 6.07) is 6.14. The van der Waals surface area contributed by atoms with Crippen molar-refractivity contribution in [3.05, 3.63) is 23.8 Å². The molecule has 1 amide bonds. The molecule has 0 bridgehead atoms. The summed E-state index contributed by atoms with van der Waals surface area (Å²) in [5, 5.41) is 0. The number of rotatable bonds is 1. The molecule has 90 valence electrons. The first-order valence-electron chi connectivity index (χ1n) is 4.96. The molecule has 0 aromatic heterocycles. The van der Waals surface area contributed by atoms with Gasteiger partial charge < -0.3 is 11.5 Å². The first-order chi connectivity index (χ1) is 7.38. The van der Waals surface area contributed by atoms with E-state index < -0.39 is 0 Å². The van der Waals surface area contributed by atoms with Crippen molar-refractivity contribution >= 4 is 23.9 Å². The molecule has 3 nitrogen and oxygen atoms in total. The van der Waals surface area contributed by atoms with Gasteiger partial charge in [0.15, 0.2) is 0 Å². The van der Waals surface area contributed by atoms with E-state index in [0.717, 1.165) is 5.69 Å². The minimum Gasteiger partial charge on any atom is -0.398 e. The Labute approximate surface area is 102 Å². The quantitative estimate of drug-likeness (QED) is 0.450. The van der Waals surface area contributed by atoms with Crippen molar-refractivity contribution in [2.75, 3.05) is 12.0 Å². The lowest BCUT2D eigenvalue weighted by molar-refractivity contribution is -0.106.